The first-order chi connectivity index (χ1) is 19.7. The maximum Gasteiger partial charge on any atom is 0.336 e. The van der Waals surface area contributed by atoms with Gasteiger partial charge in [-0.2, -0.15) is 0 Å². The molecule has 2 aromatic carbocycles. The van der Waals surface area contributed by atoms with Crippen molar-refractivity contribution in [2.75, 3.05) is 27.4 Å². The minimum Gasteiger partial charge on any atom is -0.500 e. The van der Waals surface area contributed by atoms with E-state index in [0.29, 0.717) is 35.7 Å². The molecule has 1 fully saturated rings. The Kier molecular flexibility index (Phi) is 7.98. The third kappa shape index (κ3) is 5.37. The number of nitro groups is 1. The highest BCUT2D eigenvalue weighted by Crippen LogP contribution is 2.49. The molecule has 1 saturated heterocycles. The minimum absolute atomic E-state index is 0.0527. The zero-order valence-corrected chi connectivity index (χ0v) is 23.1. The highest BCUT2D eigenvalue weighted by Gasteiger charge is 2.43. The van der Waals surface area contributed by atoms with E-state index >= 15 is 0 Å². The number of rotatable bonds is 8. The second-order valence-electron chi connectivity index (χ2n) is 10.3. The van der Waals surface area contributed by atoms with Gasteiger partial charge in [-0.05, 0) is 49.4 Å². The van der Waals surface area contributed by atoms with Crippen LogP contribution < -0.4 is 14.8 Å². The Morgan fingerprint density at radius 3 is 2.61 bits per heavy atom. The van der Waals surface area contributed by atoms with Crippen LogP contribution in [-0.2, 0) is 19.1 Å². The molecule has 41 heavy (non-hydrogen) atoms. The SMILES string of the molecule is COc1ccccc1[C@H]1CC(=O)C2=C(C1)NC(C)=C(C(=O)OC[C@@H]1CCCO1)[C@H]2c1cc(OC)c(O)c([N+](=O)[O-])c1. The number of phenols is 1. The number of esters is 1. The number of dihydropyridines is 1. The summed E-state index contributed by atoms with van der Waals surface area (Å²) in [6, 6.07) is 10.1. The van der Waals surface area contributed by atoms with Gasteiger partial charge in [0, 0.05) is 47.9 Å². The van der Waals surface area contributed by atoms with Crippen LogP contribution in [0.5, 0.6) is 17.2 Å². The Hall–Kier alpha value is -4.38. The number of benzene rings is 2. The maximum absolute atomic E-state index is 13.9. The summed E-state index contributed by atoms with van der Waals surface area (Å²) in [5, 5.41) is 25.5. The number of hydrogen-bond acceptors (Lipinski definition) is 10. The van der Waals surface area contributed by atoms with E-state index in [1.54, 1.807) is 14.0 Å². The number of nitrogens with zero attached hydrogens (tertiary/aromatic N) is 1. The average molecular weight is 565 g/mol. The molecule has 216 valence electrons. The second kappa shape index (κ2) is 11.6. The van der Waals surface area contributed by atoms with E-state index in [9.17, 15) is 24.8 Å². The summed E-state index contributed by atoms with van der Waals surface area (Å²) in [6.07, 6.45) is 2.03. The lowest BCUT2D eigenvalue weighted by Crippen LogP contribution is -2.36. The molecule has 3 atom stereocenters. The molecular formula is C30H32N2O9. The molecule has 2 aromatic rings. The van der Waals surface area contributed by atoms with Crippen molar-refractivity contribution in [3.63, 3.8) is 0 Å². The van der Waals surface area contributed by atoms with Crippen molar-refractivity contribution in [1.82, 2.24) is 5.32 Å². The number of aromatic hydroxyl groups is 1. The number of hydrogen-bond donors (Lipinski definition) is 2. The van der Waals surface area contributed by atoms with Crippen molar-refractivity contribution >= 4 is 17.4 Å². The first-order valence-electron chi connectivity index (χ1n) is 13.4. The lowest BCUT2D eigenvalue weighted by molar-refractivity contribution is -0.386. The van der Waals surface area contributed by atoms with E-state index in [-0.39, 0.29) is 47.7 Å². The quantitative estimate of drug-likeness (QED) is 0.269. The second-order valence-corrected chi connectivity index (χ2v) is 10.3. The summed E-state index contributed by atoms with van der Waals surface area (Å²) in [4.78, 5) is 38.6. The predicted octanol–water partition coefficient (Wildman–Crippen LogP) is 4.40. The average Bonchev–Trinajstić information content (AvgIpc) is 3.49. The summed E-state index contributed by atoms with van der Waals surface area (Å²) >= 11 is 0. The van der Waals surface area contributed by atoms with Gasteiger partial charge in [-0.25, -0.2) is 4.79 Å². The first kappa shape index (κ1) is 28.2. The number of carbonyl (C=O) groups is 2. The van der Waals surface area contributed by atoms with Crippen molar-refractivity contribution in [1.29, 1.82) is 0 Å². The topological polar surface area (TPSA) is 146 Å². The smallest absolute Gasteiger partial charge is 0.336 e. The Balaban J connectivity index is 1.60. The fourth-order valence-corrected chi connectivity index (χ4v) is 5.96. The van der Waals surface area contributed by atoms with Gasteiger partial charge in [0.2, 0.25) is 5.75 Å². The molecule has 0 saturated carbocycles. The number of allylic oxidation sites excluding steroid dienone is 3. The molecule has 0 unspecified atom stereocenters. The van der Waals surface area contributed by atoms with Crippen LogP contribution >= 0.6 is 0 Å². The summed E-state index contributed by atoms with van der Waals surface area (Å²) in [7, 11) is 2.85. The van der Waals surface area contributed by atoms with Crippen LogP contribution in [0.4, 0.5) is 5.69 Å². The van der Waals surface area contributed by atoms with Crippen LogP contribution in [0.3, 0.4) is 0 Å². The number of Topliss-reactive ketones (excluding diaryl/α,β-unsaturated/α-hetero) is 1. The van der Waals surface area contributed by atoms with E-state index in [0.717, 1.165) is 18.4 Å². The Labute approximate surface area is 236 Å². The fraction of sp³-hybridized carbons (Fsp3) is 0.400. The molecule has 0 spiro atoms. The van der Waals surface area contributed by atoms with Gasteiger partial charge >= 0.3 is 11.7 Å². The van der Waals surface area contributed by atoms with Crippen molar-refractivity contribution in [3.05, 3.63) is 80.2 Å². The summed E-state index contributed by atoms with van der Waals surface area (Å²) in [6.45, 7) is 2.36. The molecule has 1 aliphatic carbocycles. The molecule has 11 heteroatoms. The van der Waals surface area contributed by atoms with E-state index in [4.69, 9.17) is 18.9 Å². The van der Waals surface area contributed by atoms with Crippen molar-refractivity contribution < 1.29 is 38.6 Å². The van der Waals surface area contributed by atoms with Gasteiger partial charge in [0.25, 0.3) is 0 Å². The molecule has 5 rings (SSSR count). The molecule has 0 amide bonds. The first-order valence-corrected chi connectivity index (χ1v) is 13.4. The number of nitrogens with one attached hydrogen (secondary N) is 1. The maximum atomic E-state index is 13.9. The molecule has 0 bridgehead atoms. The Morgan fingerprint density at radius 2 is 1.93 bits per heavy atom. The van der Waals surface area contributed by atoms with Gasteiger partial charge in [0.1, 0.15) is 12.4 Å². The van der Waals surface area contributed by atoms with Gasteiger partial charge in [-0.1, -0.05) is 18.2 Å². The fourth-order valence-electron chi connectivity index (χ4n) is 5.96. The van der Waals surface area contributed by atoms with Crippen LogP contribution in [0.25, 0.3) is 0 Å². The van der Waals surface area contributed by atoms with E-state index < -0.39 is 28.2 Å². The molecule has 2 aliphatic heterocycles. The number of ketones is 1. The summed E-state index contributed by atoms with van der Waals surface area (Å²) in [5.74, 6) is -2.15. The molecule has 2 N–H and O–H groups in total. The summed E-state index contributed by atoms with van der Waals surface area (Å²) < 4.78 is 22.0. The van der Waals surface area contributed by atoms with Gasteiger partial charge < -0.3 is 29.4 Å². The van der Waals surface area contributed by atoms with Gasteiger partial charge in [-0.15, -0.1) is 0 Å². The number of methoxy groups -OCH3 is 2. The number of nitro benzene ring substituents is 1. The molecule has 0 radical (unpaired) electrons. The minimum atomic E-state index is -0.984. The van der Waals surface area contributed by atoms with E-state index in [1.807, 2.05) is 24.3 Å². The standard InChI is InChI=1S/C30H32N2O9/c1-16-26(30(35)41-15-19-7-6-10-40-19)27(18-12-22(32(36)37)29(34)25(14-18)39-3)28-21(31-16)11-17(13-23(28)33)20-8-4-5-9-24(20)38-2/h4-5,8-9,12,14,17,19,27,31,34H,6-7,10-11,13,15H2,1-3H3/t17-,19+,27-/m1/s1. The molecule has 2 heterocycles. The Morgan fingerprint density at radius 1 is 1.17 bits per heavy atom. The van der Waals surface area contributed by atoms with Crippen molar-refractivity contribution in [2.24, 2.45) is 0 Å². The van der Waals surface area contributed by atoms with Crippen LogP contribution in [0.15, 0.2) is 58.9 Å². The summed E-state index contributed by atoms with van der Waals surface area (Å²) in [5.41, 5.74) is 2.12. The van der Waals surface area contributed by atoms with Gasteiger partial charge in [0.15, 0.2) is 11.5 Å². The third-order valence-electron chi connectivity index (χ3n) is 7.88. The van der Waals surface area contributed by atoms with Gasteiger partial charge in [0.05, 0.1) is 30.8 Å². The molecule has 11 nitrogen and oxygen atoms in total. The van der Waals surface area contributed by atoms with Crippen molar-refractivity contribution in [2.45, 2.75) is 50.5 Å². The van der Waals surface area contributed by atoms with E-state index in [1.165, 1.54) is 19.2 Å². The van der Waals surface area contributed by atoms with Crippen LogP contribution in [0.1, 0.15) is 55.6 Å². The van der Waals surface area contributed by atoms with E-state index in [2.05, 4.69) is 5.32 Å². The zero-order valence-electron chi connectivity index (χ0n) is 23.1. The number of para-hydroxylation sites is 1. The van der Waals surface area contributed by atoms with Crippen LogP contribution in [0, 0.1) is 10.1 Å². The monoisotopic (exact) mass is 564 g/mol. The lowest BCUT2D eigenvalue weighted by Gasteiger charge is -2.37. The number of carbonyl (C=O) groups excluding carboxylic acids is 2. The highest BCUT2D eigenvalue weighted by molar-refractivity contribution is 6.04. The Bertz CT molecular complexity index is 1460. The normalized spacial score (nSPS) is 22.2. The third-order valence-corrected chi connectivity index (χ3v) is 7.88. The molecule has 0 aromatic heterocycles. The number of ether oxygens (including phenoxy) is 4. The number of phenolic OH excluding ortho intramolecular Hbond substituents is 1. The molecule has 3 aliphatic rings. The highest BCUT2D eigenvalue weighted by atomic mass is 16.6. The van der Waals surface area contributed by atoms with Crippen LogP contribution in [-0.4, -0.2) is 55.3 Å². The lowest BCUT2D eigenvalue weighted by atomic mass is 9.71. The van der Waals surface area contributed by atoms with Crippen LogP contribution in [0.2, 0.25) is 0 Å². The predicted molar refractivity (Wildman–Crippen MR) is 147 cm³/mol. The van der Waals surface area contributed by atoms with Gasteiger partial charge in [-0.3, -0.25) is 14.9 Å². The zero-order chi connectivity index (χ0) is 29.3. The van der Waals surface area contributed by atoms with Crippen molar-refractivity contribution in [3.8, 4) is 17.2 Å². The largest absolute Gasteiger partial charge is 0.500 e. The molecular weight excluding hydrogens is 532 g/mol.